The van der Waals surface area contributed by atoms with Crippen LogP contribution in [0.25, 0.3) is 10.9 Å². The van der Waals surface area contributed by atoms with Gasteiger partial charge < -0.3 is 9.67 Å². The predicted molar refractivity (Wildman–Crippen MR) is 75.9 cm³/mol. The predicted octanol–water partition coefficient (Wildman–Crippen LogP) is 3.14. The number of rotatable bonds is 3. The summed E-state index contributed by atoms with van der Waals surface area (Å²) >= 11 is 0. The minimum Gasteiger partial charge on any atom is -0.389 e. The van der Waals surface area contributed by atoms with E-state index in [1.807, 2.05) is 24.4 Å². The van der Waals surface area contributed by atoms with Gasteiger partial charge in [-0.15, -0.1) is 0 Å². The topological polar surface area (TPSA) is 38.0 Å². The molecule has 0 spiro atoms. The lowest BCUT2D eigenvalue weighted by Crippen LogP contribution is -1.98. The van der Waals surface area contributed by atoms with Gasteiger partial charge in [-0.1, -0.05) is 12.1 Å². The van der Waals surface area contributed by atoms with Crippen molar-refractivity contribution in [2.45, 2.75) is 19.6 Å². The zero-order chi connectivity index (χ0) is 13.2. The van der Waals surface area contributed by atoms with Gasteiger partial charge in [-0.2, -0.15) is 0 Å². The van der Waals surface area contributed by atoms with Crippen LogP contribution in [0.5, 0.6) is 0 Å². The molecule has 0 saturated carbocycles. The summed E-state index contributed by atoms with van der Waals surface area (Å²) < 4.78 is 2.19. The van der Waals surface area contributed by atoms with E-state index in [1.54, 1.807) is 13.1 Å². The third-order valence-corrected chi connectivity index (χ3v) is 3.35. The van der Waals surface area contributed by atoms with Crippen molar-refractivity contribution >= 4 is 10.9 Å². The summed E-state index contributed by atoms with van der Waals surface area (Å²) in [5, 5.41) is 10.8. The van der Waals surface area contributed by atoms with Crippen molar-refractivity contribution in [3.63, 3.8) is 0 Å². The van der Waals surface area contributed by atoms with Gasteiger partial charge in [-0.25, -0.2) is 0 Å². The van der Waals surface area contributed by atoms with Crippen molar-refractivity contribution < 1.29 is 5.11 Å². The van der Waals surface area contributed by atoms with E-state index >= 15 is 0 Å². The molecule has 1 atom stereocenters. The van der Waals surface area contributed by atoms with Crippen LogP contribution in [0.3, 0.4) is 0 Å². The molecule has 0 bridgehead atoms. The normalized spacial score (nSPS) is 12.7. The molecule has 2 heterocycles. The van der Waals surface area contributed by atoms with Crippen molar-refractivity contribution in [1.82, 2.24) is 9.55 Å². The van der Waals surface area contributed by atoms with E-state index in [0.717, 1.165) is 17.5 Å². The van der Waals surface area contributed by atoms with Crippen LogP contribution in [-0.4, -0.2) is 14.7 Å². The summed E-state index contributed by atoms with van der Waals surface area (Å²) in [6.07, 6.45) is 5.32. The first-order valence-electron chi connectivity index (χ1n) is 6.40. The minimum absolute atomic E-state index is 0.425. The molecule has 0 saturated heterocycles. The van der Waals surface area contributed by atoms with Crippen LogP contribution < -0.4 is 0 Å². The number of nitrogens with zero attached hydrogens (tertiary/aromatic N) is 2. The fourth-order valence-electron chi connectivity index (χ4n) is 2.30. The quantitative estimate of drug-likeness (QED) is 0.777. The molecule has 0 aliphatic rings. The second-order valence-electron chi connectivity index (χ2n) is 4.80. The van der Waals surface area contributed by atoms with Crippen LogP contribution in [0.2, 0.25) is 0 Å². The average Bonchev–Trinajstić information content (AvgIpc) is 2.82. The highest BCUT2D eigenvalue weighted by atomic mass is 16.3. The highest BCUT2D eigenvalue weighted by Gasteiger charge is 2.05. The Morgan fingerprint density at radius 2 is 2.16 bits per heavy atom. The van der Waals surface area contributed by atoms with E-state index in [9.17, 15) is 5.11 Å². The Kier molecular flexibility index (Phi) is 3.05. The van der Waals surface area contributed by atoms with Crippen molar-refractivity contribution in [3.05, 3.63) is 66.1 Å². The van der Waals surface area contributed by atoms with Crippen molar-refractivity contribution in [2.24, 2.45) is 0 Å². The first-order chi connectivity index (χ1) is 9.24. The van der Waals surface area contributed by atoms with E-state index in [1.165, 1.54) is 11.1 Å². The lowest BCUT2D eigenvalue weighted by Gasteiger charge is -2.07. The molecule has 96 valence electrons. The summed E-state index contributed by atoms with van der Waals surface area (Å²) in [5.74, 6) is 0. The Morgan fingerprint density at radius 3 is 2.89 bits per heavy atom. The van der Waals surface area contributed by atoms with Crippen molar-refractivity contribution in [3.8, 4) is 0 Å². The fraction of sp³-hybridized carbons (Fsp3) is 0.188. The zero-order valence-corrected chi connectivity index (χ0v) is 10.8. The van der Waals surface area contributed by atoms with Gasteiger partial charge in [0.2, 0.25) is 0 Å². The molecule has 19 heavy (non-hydrogen) atoms. The maximum absolute atomic E-state index is 9.61. The van der Waals surface area contributed by atoms with Crippen LogP contribution in [0, 0.1) is 0 Å². The fourth-order valence-corrected chi connectivity index (χ4v) is 2.30. The maximum Gasteiger partial charge on any atom is 0.0762 e. The van der Waals surface area contributed by atoms with Gasteiger partial charge in [0, 0.05) is 30.7 Å². The Balaban J connectivity index is 1.97. The minimum atomic E-state index is -0.425. The molecule has 3 rings (SSSR count). The molecule has 0 fully saturated rings. The number of aliphatic hydroxyl groups is 1. The Hall–Kier alpha value is -2.13. The Morgan fingerprint density at radius 1 is 1.26 bits per heavy atom. The number of aliphatic hydroxyl groups excluding tert-OH is 1. The third-order valence-electron chi connectivity index (χ3n) is 3.35. The molecule has 0 aliphatic carbocycles. The van der Waals surface area contributed by atoms with Gasteiger partial charge in [0.1, 0.15) is 0 Å². The number of fused-ring (bicyclic) bond motifs is 1. The second-order valence-corrected chi connectivity index (χ2v) is 4.80. The zero-order valence-electron chi connectivity index (χ0n) is 10.8. The Labute approximate surface area is 112 Å². The summed E-state index contributed by atoms with van der Waals surface area (Å²) in [5.41, 5.74) is 3.31. The third kappa shape index (κ3) is 2.37. The summed E-state index contributed by atoms with van der Waals surface area (Å²) in [6, 6.07) is 12.2. The van der Waals surface area contributed by atoms with Crippen LogP contribution >= 0.6 is 0 Å². The van der Waals surface area contributed by atoms with Crippen LogP contribution in [0.1, 0.15) is 24.2 Å². The molecular formula is C16H16N2O. The van der Waals surface area contributed by atoms with E-state index in [-0.39, 0.29) is 0 Å². The molecule has 1 N–H and O–H groups in total. The standard InChI is InChI=1S/C16H16N2O/c1-12(19)14-4-5-16-15(9-14)6-8-18(16)11-13-3-2-7-17-10-13/h2-10,12,19H,11H2,1H3. The van der Waals surface area contributed by atoms with E-state index < -0.39 is 6.10 Å². The highest BCUT2D eigenvalue weighted by molar-refractivity contribution is 5.81. The number of aromatic nitrogens is 2. The van der Waals surface area contributed by atoms with Crippen LogP contribution in [0.4, 0.5) is 0 Å². The lowest BCUT2D eigenvalue weighted by molar-refractivity contribution is 0.199. The molecule has 1 aromatic carbocycles. The molecular weight excluding hydrogens is 236 g/mol. The van der Waals surface area contributed by atoms with E-state index in [2.05, 4.69) is 33.9 Å². The monoisotopic (exact) mass is 252 g/mol. The number of pyridine rings is 1. The van der Waals surface area contributed by atoms with Gasteiger partial charge in [0.15, 0.2) is 0 Å². The SMILES string of the molecule is CC(O)c1ccc2c(ccn2Cc2cccnc2)c1. The number of hydrogen-bond donors (Lipinski definition) is 1. The van der Waals surface area contributed by atoms with Gasteiger partial charge in [0.25, 0.3) is 0 Å². The molecule has 0 amide bonds. The van der Waals surface area contributed by atoms with Crippen LogP contribution in [0.15, 0.2) is 55.0 Å². The summed E-state index contributed by atoms with van der Waals surface area (Å²) in [4.78, 5) is 4.14. The van der Waals surface area contributed by atoms with Gasteiger partial charge in [0.05, 0.1) is 6.10 Å². The first-order valence-corrected chi connectivity index (χ1v) is 6.40. The first kappa shape index (κ1) is 11.9. The molecule has 0 radical (unpaired) electrons. The summed E-state index contributed by atoms with van der Waals surface area (Å²) in [6.45, 7) is 2.60. The molecule has 2 aromatic heterocycles. The van der Waals surface area contributed by atoms with E-state index in [0.29, 0.717) is 0 Å². The van der Waals surface area contributed by atoms with Gasteiger partial charge >= 0.3 is 0 Å². The van der Waals surface area contributed by atoms with Crippen LogP contribution in [-0.2, 0) is 6.54 Å². The molecule has 1 unspecified atom stereocenters. The molecule has 0 aliphatic heterocycles. The number of benzene rings is 1. The smallest absolute Gasteiger partial charge is 0.0762 e. The average molecular weight is 252 g/mol. The molecule has 3 nitrogen and oxygen atoms in total. The maximum atomic E-state index is 9.61. The lowest BCUT2D eigenvalue weighted by atomic mass is 10.1. The van der Waals surface area contributed by atoms with Crippen molar-refractivity contribution in [2.75, 3.05) is 0 Å². The molecule has 3 heteroatoms. The summed E-state index contributed by atoms with van der Waals surface area (Å²) in [7, 11) is 0. The van der Waals surface area contributed by atoms with Gasteiger partial charge in [-0.3, -0.25) is 4.98 Å². The van der Waals surface area contributed by atoms with Gasteiger partial charge in [-0.05, 0) is 47.7 Å². The molecule has 3 aromatic rings. The largest absolute Gasteiger partial charge is 0.389 e. The second kappa shape index (κ2) is 4.86. The highest BCUT2D eigenvalue weighted by Crippen LogP contribution is 2.22. The van der Waals surface area contributed by atoms with E-state index in [4.69, 9.17) is 0 Å². The van der Waals surface area contributed by atoms with Crippen molar-refractivity contribution in [1.29, 1.82) is 0 Å². The Bertz CT molecular complexity index is 686. The number of hydrogen-bond acceptors (Lipinski definition) is 2.